The number of hydrogen-bond acceptors (Lipinski definition) is 6. The maximum atomic E-state index is 12.2. The number of rotatable bonds is 3. The number of benzene rings is 1. The zero-order chi connectivity index (χ0) is 15.7. The molecule has 1 atom stereocenters. The number of cyclic esters (lactones) is 1. The Hall–Kier alpha value is -2.28. The van der Waals surface area contributed by atoms with Gasteiger partial charge in [0.05, 0.1) is 5.56 Å². The fraction of sp³-hybridized carbons (Fsp3) is 0.333. The Morgan fingerprint density at radius 2 is 2.27 bits per heavy atom. The van der Waals surface area contributed by atoms with Crippen LogP contribution < -0.4 is 5.32 Å². The Kier molecular flexibility index (Phi) is 3.89. The minimum atomic E-state index is -0.836. The molecule has 1 aromatic heterocycles. The maximum absolute atomic E-state index is 12.2. The number of nitrogens with one attached hydrogen (secondary N) is 1. The molecule has 1 aromatic carbocycles. The van der Waals surface area contributed by atoms with E-state index in [0.717, 1.165) is 22.6 Å². The van der Waals surface area contributed by atoms with Crippen LogP contribution in [0.2, 0.25) is 0 Å². The molecule has 1 N–H and O–H groups in total. The first-order valence-corrected chi connectivity index (χ1v) is 7.82. The highest BCUT2D eigenvalue weighted by atomic mass is 32.1. The number of carbonyl (C=O) groups excluding carboxylic acids is 2. The van der Waals surface area contributed by atoms with Crippen LogP contribution in [-0.2, 0) is 22.4 Å². The zero-order valence-corrected chi connectivity index (χ0v) is 13.1. The summed E-state index contributed by atoms with van der Waals surface area (Å²) in [6.07, 6.45) is 0.294. The summed E-state index contributed by atoms with van der Waals surface area (Å²) in [5.74, 6) is -0.838. The Morgan fingerprint density at radius 3 is 3.00 bits per heavy atom. The normalized spacial score (nSPS) is 16.8. The van der Waals surface area contributed by atoms with E-state index in [1.807, 2.05) is 26.0 Å². The second-order valence-corrected chi connectivity index (χ2v) is 6.16. The molecule has 0 radical (unpaired) electrons. The Morgan fingerprint density at radius 1 is 1.45 bits per heavy atom. The van der Waals surface area contributed by atoms with Gasteiger partial charge in [0.2, 0.25) is 5.13 Å². The van der Waals surface area contributed by atoms with Crippen molar-refractivity contribution in [1.82, 2.24) is 10.2 Å². The minimum absolute atomic E-state index is 0.368. The lowest BCUT2D eigenvalue weighted by molar-refractivity contribution is -0.125. The molecule has 7 heteroatoms. The quantitative estimate of drug-likeness (QED) is 0.877. The van der Waals surface area contributed by atoms with Crippen molar-refractivity contribution in [2.45, 2.75) is 32.8 Å². The first kappa shape index (κ1) is 14.6. The molecule has 0 aliphatic carbocycles. The molecule has 0 saturated heterocycles. The standard InChI is InChI=1S/C15H15N3O3S/c1-3-12-17-18-15(22-12)16-13(19)11-7-9-5-4-8(2)6-10(9)14(20)21-11/h4-6,11H,3,7H2,1-2H3,(H,16,18,19)/t11-/m0/s1. The molecule has 0 unspecified atom stereocenters. The van der Waals surface area contributed by atoms with Crippen LogP contribution in [0.1, 0.15) is 33.4 Å². The van der Waals surface area contributed by atoms with Crippen molar-refractivity contribution >= 4 is 28.3 Å². The third-order valence-corrected chi connectivity index (χ3v) is 4.41. The highest BCUT2D eigenvalue weighted by molar-refractivity contribution is 7.15. The van der Waals surface area contributed by atoms with E-state index in [0.29, 0.717) is 17.1 Å². The van der Waals surface area contributed by atoms with Gasteiger partial charge in [-0.25, -0.2) is 4.79 Å². The molecule has 0 spiro atoms. The monoisotopic (exact) mass is 317 g/mol. The summed E-state index contributed by atoms with van der Waals surface area (Å²) >= 11 is 1.32. The summed E-state index contributed by atoms with van der Waals surface area (Å²) in [6, 6.07) is 5.57. The molecular formula is C15H15N3O3S. The van der Waals surface area contributed by atoms with Crippen molar-refractivity contribution in [3.05, 3.63) is 39.9 Å². The molecular weight excluding hydrogens is 302 g/mol. The molecule has 0 fully saturated rings. The molecule has 1 aliphatic rings. The van der Waals surface area contributed by atoms with Gasteiger partial charge in [0.25, 0.3) is 5.91 Å². The lowest BCUT2D eigenvalue weighted by Crippen LogP contribution is -2.38. The third kappa shape index (κ3) is 2.85. The fourth-order valence-corrected chi connectivity index (χ4v) is 2.95. The Bertz CT molecular complexity index is 741. The summed E-state index contributed by atoms with van der Waals surface area (Å²) in [4.78, 5) is 24.3. The first-order chi connectivity index (χ1) is 10.6. The van der Waals surface area contributed by atoms with Gasteiger partial charge in [-0.3, -0.25) is 10.1 Å². The van der Waals surface area contributed by atoms with E-state index in [4.69, 9.17) is 4.74 Å². The summed E-state index contributed by atoms with van der Waals surface area (Å²) in [6.45, 7) is 3.88. The average Bonchev–Trinajstić information content (AvgIpc) is 2.95. The molecule has 3 rings (SSSR count). The van der Waals surface area contributed by atoms with Gasteiger partial charge in [-0.2, -0.15) is 0 Å². The second kappa shape index (κ2) is 5.84. The van der Waals surface area contributed by atoms with Gasteiger partial charge in [0.15, 0.2) is 6.10 Å². The number of aryl methyl sites for hydroxylation is 2. The van der Waals surface area contributed by atoms with Crippen molar-refractivity contribution in [2.75, 3.05) is 5.32 Å². The largest absolute Gasteiger partial charge is 0.448 e. The van der Waals surface area contributed by atoms with Crippen LogP contribution in [0.3, 0.4) is 0 Å². The van der Waals surface area contributed by atoms with Gasteiger partial charge < -0.3 is 4.74 Å². The minimum Gasteiger partial charge on any atom is -0.448 e. The second-order valence-electron chi connectivity index (χ2n) is 5.10. The molecule has 1 amide bonds. The number of nitrogens with zero attached hydrogens (tertiary/aromatic N) is 2. The van der Waals surface area contributed by atoms with Gasteiger partial charge in [0.1, 0.15) is 5.01 Å². The SMILES string of the molecule is CCc1nnc(NC(=O)[C@@H]2Cc3ccc(C)cc3C(=O)O2)s1. The van der Waals surface area contributed by atoms with E-state index >= 15 is 0 Å². The van der Waals surface area contributed by atoms with E-state index < -0.39 is 12.1 Å². The molecule has 0 saturated carbocycles. The van der Waals surface area contributed by atoms with Gasteiger partial charge in [-0.05, 0) is 25.0 Å². The van der Waals surface area contributed by atoms with E-state index in [-0.39, 0.29) is 5.91 Å². The smallest absolute Gasteiger partial charge is 0.339 e. The van der Waals surface area contributed by atoms with E-state index in [2.05, 4.69) is 15.5 Å². The van der Waals surface area contributed by atoms with Gasteiger partial charge in [0, 0.05) is 6.42 Å². The van der Waals surface area contributed by atoms with E-state index in [9.17, 15) is 9.59 Å². The lowest BCUT2D eigenvalue weighted by atomic mass is 9.96. The molecule has 2 heterocycles. The lowest BCUT2D eigenvalue weighted by Gasteiger charge is -2.23. The van der Waals surface area contributed by atoms with Crippen LogP contribution >= 0.6 is 11.3 Å². The number of ether oxygens (including phenoxy) is 1. The van der Waals surface area contributed by atoms with Gasteiger partial charge >= 0.3 is 5.97 Å². The van der Waals surface area contributed by atoms with Crippen LogP contribution in [-0.4, -0.2) is 28.2 Å². The Labute approximate surface area is 131 Å². The predicted octanol–water partition coefficient (Wildman–Crippen LogP) is 2.13. The van der Waals surface area contributed by atoms with Crippen molar-refractivity contribution in [2.24, 2.45) is 0 Å². The number of fused-ring (bicyclic) bond motifs is 1. The molecule has 2 aromatic rings. The van der Waals surface area contributed by atoms with Crippen LogP contribution in [0.5, 0.6) is 0 Å². The number of anilines is 1. The van der Waals surface area contributed by atoms with Crippen LogP contribution in [0, 0.1) is 6.92 Å². The van der Waals surface area contributed by atoms with Crippen LogP contribution in [0.4, 0.5) is 5.13 Å². The number of esters is 1. The first-order valence-electron chi connectivity index (χ1n) is 7.00. The van der Waals surface area contributed by atoms with Crippen molar-refractivity contribution in [1.29, 1.82) is 0 Å². The average molecular weight is 317 g/mol. The van der Waals surface area contributed by atoms with Crippen LogP contribution in [0.15, 0.2) is 18.2 Å². The molecule has 22 heavy (non-hydrogen) atoms. The highest BCUT2D eigenvalue weighted by Crippen LogP contribution is 2.23. The summed E-state index contributed by atoms with van der Waals surface area (Å²) in [7, 11) is 0. The van der Waals surface area contributed by atoms with E-state index in [1.54, 1.807) is 6.07 Å². The molecule has 114 valence electrons. The van der Waals surface area contributed by atoms with Crippen molar-refractivity contribution in [3.8, 4) is 0 Å². The highest BCUT2D eigenvalue weighted by Gasteiger charge is 2.31. The number of amides is 1. The number of aromatic nitrogens is 2. The molecule has 6 nitrogen and oxygen atoms in total. The van der Waals surface area contributed by atoms with Gasteiger partial charge in [-0.15, -0.1) is 10.2 Å². The fourth-order valence-electron chi connectivity index (χ4n) is 2.27. The maximum Gasteiger partial charge on any atom is 0.339 e. The molecule has 0 bridgehead atoms. The predicted molar refractivity (Wildman–Crippen MR) is 82.0 cm³/mol. The van der Waals surface area contributed by atoms with Crippen molar-refractivity contribution in [3.63, 3.8) is 0 Å². The summed E-state index contributed by atoms with van der Waals surface area (Å²) in [5.41, 5.74) is 2.35. The molecule has 1 aliphatic heterocycles. The van der Waals surface area contributed by atoms with Crippen LogP contribution in [0.25, 0.3) is 0 Å². The third-order valence-electron chi connectivity index (χ3n) is 3.43. The Balaban J connectivity index is 1.74. The number of hydrogen-bond donors (Lipinski definition) is 1. The summed E-state index contributed by atoms with van der Waals surface area (Å²) in [5, 5.41) is 11.8. The van der Waals surface area contributed by atoms with Gasteiger partial charge in [-0.1, -0.05) is 36.0 Å². The number of carbonyl (C=O) groups is 2. The zero-order valence-electron chi connectivity index (χ0n) is 12.3. The van der Waals surface area contributed by atoms with Crippen molar-refractivity contribution < 1.29 is 14.3 Å². The van der Waals surface area contributed by atoms with E-state index in [1.165, 1.54) is 11.3 Å². The summed E-state index contributed by atoms with van der Waals surface area (Å²) < 4.78 is 5.24. The topological polar surface area (TPSA) is 81.2 Å².